The Bertz CT molecular complexity index is 700. The van der Waals surface area contributed by atoms with Gasteiger partial charge in [-0.2, -0.15) is 5.10 Å². The highest BCUT2D eigenvalue weighted by Crippen LogP contribution is 2.23. The minimum absolute atomic E-state index is 0.355. The average molecular weight is 417 g/mol. The molecule has 6 nitrogen and oxygen atoms in total. The van der Waals surface area contributed by atoms with Crippen molar-refractivity contribution in [2.75, 3.05) is 0 Å². The monoisotopic (exact) mass is 415 g/mol. The van der Waals surface area contributed by atoms with E-state index in [0.29, 0.717) is 15.6 Å². The maximum absolute atomic E-state index is 12.2. The van der Waals surface area contributed by atoms with Crippen LogP contribution in [0.2, 0.25) is 0 Å². The van der Waals surface area contributed by atoms with Crippen LogP contribution >= 0.6 is 31.9 Å². The summed E-state index contributed by atoms with van der Waals surface area (Å²) in [5, 5.41) is 15.7. The molecule has 0 bridgehead atoms. The molecule has 0 spiro atoms. The van der Waals surface area contributed by atoms with E-state index in [2.05, 4.69) is 42.3 Å². The molecule has 0 aliphatic carbocycles. The number of carboxylic acid groups (broad SMARTS) is 1. The first-order valence-corrected chi connectivity index (χ1v) is 7.44. The third-order valence-electron chi connectivity index (χ3n) is 2.76. The Balaban J connectivity index is 2.25. The number of carboxylic acids is 1. The Morgan fingerprint density at radius 1 is 1.38 bits per heavy atom. The molecule has 2 N–H and O–H groups in total. The number of nitrogens with one attached hydrogen (secondary N) is 1. The third kappa shape index (κ3) is 3.70. The molecule has 1 aromatic heterocycles. The lowest BCUT2D eigenvalue weighted by Crippen LogP contribution is -2.33. The van der Waals surface area contributed by atoms with E-state index in [4.69, 9.17) is 0 Å². The third-order valence-corrected chi connectivity index (χ3v) is 3.91. The van der Waals surface area contributed by atoms with E-state index in [1.54, 1.807) is 31.4 Å². The fourth-order valence-corrected chi connectivity index (χ4v) is 2.99. The normalized spacial score (nSPS) is 12.0. The number of nitrogens with zero attached hydrogens (tertiary/aromatic N) is 2. The first-order chi connectivity index (χ1) is 9.88. The van der Waals surface area contributed by atoms with Crippen molar-refractivity contribution in [1.82, 2.24) is 15.1 Å². The molecule has 0 radical (unpaired) electrons. The SMILES string of the molecule is Cn1cc(C(NC(=O)c2ccc(Br)cc2Br)C(=O)O)cn1. The summed E-state index contributed by atoms with van der Waals surface area (Å²) < 4.78 is 2.87. The van der Waals surface area contributed by atoms with E-state index < -0.39 is 17.9 Å². The van der Waals surface area contributed by atoms with Crippen molar-refractivity contribution in [1.29, 1.82) is 0 Å². The van der Waals surface area contributed by atoms with Crippen molar-refractivity contribution in [2.24, 2.45) is 7.05 Å². The van der Waals surface area contributed by atoms with Crippen molar-refractivity contribution < 1.29 is 14.7 Å². The number of amides is 1. The number of rotatable bonds is 4. The molecule has 0 saturated carbocycles. The van der Waals surface area contributed by atoms with Crippen molar-refractivity contribution in [3.05, 3.63) is 50.7 Å². The molecular weight excluding hydrogens is 406 g/mol. The van der Waals surface area contributed by atoms with Crippen LogP contribution in [0.1, 0.15) is 22.0 Å². The van der Waals surface area contributed by atoms with Crippen molar-refractivity contribution >= 4 is 43.7 Å². The van der Waals surface area contributed by atoms with Gasteiger partial charge in [0, 0.05) is 27.8 Å². The molecule has 1 aromatic carbocycles. The van der Waals surface area contributed by atoms with Gasteiger partial charge in [-0.15, -0.1) is 0 Å². The topological polar surface area (TPSA) is 84.2 Å². The number of aryl methyl sites for hydroxylation is 1. The predicted molar refractivity (Wildman–Crippen MR) is 82.9 cm³/mol. The number of hydrogen-bond acceptors (Lipinski definition) is 3. The van der Waals surface area contributed by atoms with Crippen LogP contribution in [0.4, 0.5) is 0 Å². The van der Waals surface area contributed by atoms with Gasteiger partial charge in [0.1, 0.15) is 0 Å². The van der Waals surface area contributed by atoms with Gasteiger partial charge in [-0.05, 0) is 34.1 Å². The first-order valence-electron chi connectivity index (χ1n) is 5.85. The lowest BCUT2D eigenvalue weighted by molar-refractivity contribution is -0.139. The van der Waals surface area contributed by atoms with Gasteiger partial charge < -0.3 is 10.4 Å². The van der Waals surface area contributed by atoms with E-state index in [0.717, 1.165) is 4.47 Å². The van der Waals surface area contributed by atoms with Gasteiger partial charge in [0.25, 0.3) is 5.91 Å². The largest absolute Gasteiger partial charge is 0.479 e. The maximum Gasteiger partial charge on any atom is 0.331 e. The Hall–Kier alpha value is -1.67. The fraction of sp³-hybridized carbons (Fsp3) is 0.154. The lowest BCUT2D eigenvalue weighted by Gasteiger charge is -2.13. The molecule has 1 unspecified atom stereocenters. The van der Waals surface area contributed by atoms with E-state index in [-0.39, 0.29) is 0 Å². The molecule has 0 saturated heterocycles. The van der Waals surface area contributed by atoms with Crippen LogP contribution in [0.15, 0.2) is 39.5 Å². The standard InChI is InChI=1S/C13H11Br2N3O3/c1-18-6-7(5-16-18)11(13(20)21)17-12(19)9-3-2-8(14)4-10(9)15/h2-6,11H,1H3,(H,17,19)(H,20,21). The highest BCUT2D eigenvalue weighted by atomic mass is 79.9. The van der Waals surface area contributed by atoms with Gasteiger partial charge >= 0.3 is 5.97 Å². The molecule has 0 aliphatic rings. The van der Waals surface area contributed by atoms with Crippen LogP contribution in [-0.2, 0) is 11.8 Å². The lowest BCUT2D eigenvalue weighted by atomic mass is 10.1. The number of aromatic nitrogens is 2. The van der Waals surface area contributed by atoms with E-state index in [1.807, 2.05) is 0 Å². The number of aliphatic carboxylic acids is 1. The summed E-state index contributed by atoms with van der Waals surface area (Å²) in [6.07, 6.45) is 2.96. The van der Waals surface area contributed by atoms with Crippen LogP contribution < -0.4 is 5.32 Å². The highest BCUT2D eigenvalue weighted by Gasteiger charge is 2.24. The summed E-state index contributed by atoms with van der Waals surface area (Å²) in [5.41, 5.74) is 0.764. The molecule has 2 aromatic rings. The van der Waals surface area contributed by atoms with Crippen molar-refractivity contribution in [3.8, 4) is 0 Å². The molecule has 2 rings (SSSR count). The summed E-state index contributed by atoms with van der Waals surface area (Å²) in [5.74, 6) is -1.63. The van der Waals surface area contributed by atoms with Crippen LogP contribution in [0.3, 0.4) is 0 Å². The van der Waals surface area contributed by atoms with Crippen molar-refractivity contribution in [3.63, 3.8) is 0 Å². The summed E-state index contributed by atoms with van der Waals surface area (Å²) in [6, 6.07) is 3.88. The molecule has 0 aliphatic heterocycles. The zero-order valence-corrected chi connectivity index (χ0v) is 14.1. The predicted octanol–water partition coefficient (Wildman–Crippen LogP) is 2.50. The molecule has 1 amide bonds. The molecule has 1 atom stereocenters. The Kier molecular flexibility index (Phi) is 4.79. The number of carbonyl (C=O) groups is 2. The van der Waals surface area contributed by atoms with Gasteiger partial charge in [-0.1, -0.05) is 15.9 Å². The van der Waals surface area contributed by atoms with Crippen molar-refractivity contribution in [2.45, 2.75) is 6.04 Å². The smallest absolute Gasteiger partial charge is 0.331 e. The number of hydrogen-bond donors (Lipinski definition) is 2. The minimum atomic E-state index is -1.15. The van der Waals surface area contributed by atoms with E-state index >= 15 is 0 Å². The summed E-state index contributed by atoms with van der Waals surface area (Å²) >= 11 is 6.57. The molecule has 110 valence electrons. The quantitative estimate of drug-likeness (QED) is 0.801. The van der Waals surface area contributed by atoms with Gasteiger partial charge in [-0.25, -0.2) is 4.79 Å². The average Bonchev–Trinajstić information content (AvgIpc) is 2.81. The molecular formula is C13H11Br2N3O3. The van der Waals surface area contributed by atoms with Gasteiger partial charge in [0.15, 0.2) is 6.04 Å². The minimum Gasteiger partial charge on any atom is -0.479 e. The number of halogens is 2. The van der Waals surface area contributed by atoms with E-state index in [1.165, 1.54) is 10.9 Å². The summed E-state index contributed by atoms with van der Waals surface area (Å²) in [4.78, 5) is 23.6. The Morgan fingerprint density at radius 2 is 2.10 bits per heavy atom. The molecule has 0 fully saturated rings. The Labute approximate surface area is 137 Å². The Morgan fingerprint density at radius 3 is 2.62 bits per heavy atom. The van der Waals surface area contributed by atoms with Crippen LogP contribution in [0.25, 0.3) is 0 Å². The molecule has 1 heterocycles. The molecule has 21 heavy (non-hydrogen) atoms. The van der Waals surface area contributed by atoms with Crippen LogP contribution in [0, 0.1) is 0 Å². The van der Waals surface area contributed by atoms with Gasteiger partial charge in [0.05, 0.1) is 11.8 Å². The maximum atomic E-state index is 12.2. The number of benzene rings is 1. The zero-order chi connectivity index (χ0) is 15.6. The van der Waals surface area contributed by atoms with E-state index in [9.17, 15) is 14.7 Å². The van der Waals surface area contributed by atoms with Gasteiger partial charge in [0.2, 0.25) is 0 Å². The van der Waals surface area contributed by atoms with Crippen LogP contribution in [0.5, 0.6) is 0 Å². The highest BCUT2D eigenvalue weighted by molar-refractivity contribution is 9.11. The second-order valence-corrected chi connectivity index (χ2v) is 6.09. The number of carbonyl (C=O) groups excluding carboxylic acids is 1. The van der Waals surface area contributed by atoms with Crippen LogP contribution in [-0.4, -0.2) is 26.8 Å². The summed E-state index contributed by atoms with van der Waals surface area (Å²) in [6.45, 7) is 0. The fourth-order valence-electron chi connectivity index (χ4n) is 1.76. The van der Waals surface area contributed by atoms with Gasteiger partial charge in [-0.3, -0.25) is 9.48 Å². The summed E-state index contributed by atoms with van der Waals surface area (Å²) in [7, 11) is 1.68. The first kappa shape index (κ1) is 15.7. The second kappa shape index (κ2) is 6.40. The second-order valence-electron chi connectivity index (χ2n) is 4.32. The molecule has 8 heteroatoms. The zero-order valence-electron chi connectivity index (χ0n) is 10.9.